The molecule has 4 aromatic rings. The Morgan fingerprint density at radius 2 is 0.500 bits per heavy atom. The molecule has 4 saturated carbocycles. The Labute approximate surface area is 314 Å². The van der Waals surface area contributed by atoms with Gasteiger partial charge in [-0.25, -0.2) is 0 Å². The molecule has 0 heterocycles. The van der Waals surface area contributed by atoms with E-state index >= 15 is 0 Å². The van der Waals surface area contributed by atoms with Crippen molar-refractivity contribution in [1.82, 2.24) is 0 Å². The molecule has 0 N–H and O–H groups in total. The first-order valence-corrected chi connectivity index (χ1v) is 20.1. The third-order valence-electron chi connectivity index (χ3n) is 10.1. The van der Waals surface area contributed by atoms with Crippen LogP contribution in [0.1, 0.15) is 60.8 Å². The summed E-state index contributed by atoms with van der Waals surface area (Å²) in [5.74, 6) is 0. The Balaban J connectivity index is 1.58. The summed E-state index contributed by atoms with van der Waals surface area (Å²) < 4.78 is 9.18. The van der Waals surface area contributed by atoms with Gasteiger partial charge in [0.15, 0.2) is 0 Å². The van der Waals surface area contributed by atoms with Crippen LogP contribution in [0.2, 0.25) is 0 Å². The van der Waals surface area contributed by atoms with Crippen LogP contribution >= 0.6 is 127 Å². The molecule has 0 aromatic heterocycles. The SMILES string of the molecule is Brc1ccc(C23CC4(c5ccc(Br)cc5Br)CC(c5ccc(Br)cc5Br)(C2)CC(c2ccc(Br)cc2Br)(C3)C4)c(Br)c1. The first-order chi connectivity index (χ1) is 19.9. The molecule has 0 unspecified atom stereocenters. The molecule has 0 radical (unpaired) electrons. The summed E-state index contributed by atoms with van der Waals surface area (Å²) >= 11 is 31.2. The van der Waals surface area contributed by atoms with E-state index in [-0.39, 0.29) is 21.7 Å². The van der Waals surface area contributed by atoms with Crippen molar-refractivity contribution < 1.29 is 0 Å². The molecule has 0 nitrogen and oxygen atoms in total. The highest BCUT2D eigenvalue weighted by atomic mass is 79.9. The summed E-state index contributed by atoms with van der Waals surface area (Å²) in [6.07, 6.45) is 6.70. The van der Waals surface area contributed by atoms with Crippen molar-refractivity contribution in [2.45, 2.75) is 60.2 Å². The fourth-order valence-corrected chi connectivity index (χ4v) is 15.3. The quantitative estimate of drug-likeness (QED) is 0.191. The summed E-state index contributed by atoms with van der Waals surface area (Å²) in [6, 6.07) is 27.4. The lowest BCUT2D eigenvalue weighted by atomic mass is 9.32. The van der Waals surface area contributed by atoms with Crippen molar-refractivity contribution in [3.63, 3.8) is 0 Å². The second-order valence-corrected chi connectivity index (χ2v) is 19.8. The smallest absolute Gasteiger partial charge is 0.0224 e. The molecule has 0 atom stereocenters. The van der Waals surface area contributed by atoms with Crippen molar-refractivity contribution in [1.29, 1.82) is 0 Å². The van der Waals surface area contributed by atoms with Crippen LogP contribution in [0, 0.1) is 0 Å². The van der Waals surface area contributed by atoms with E-state index in [1.165, 1.54) is 40.1 Å². The van der Waals surface area contributed by atoms with Crippen LogP contribution in [0.5, 0.6) is 0 Å². The van der Waals surface area contributed by atoms with Gasteiger partial charge in [-0.2, -0.15) is 0 Å². The van der Waals surface area contributed by atoms with E-state index in [4.69, 9.17) is 0 Å². The fourth-order valence-electron chi connectivity index (χ4n) is 9.46. The molecule has 8 rings (SSSR count). The van der Waals surface area contributed by atoms with Crippen molar-refractivity contribution in [3.05, 3.63) is 131 Å². The van der Waals surface area contributed by atoms with E-state index in [1.54, 1.807) is 0 Å². The Morgan fingerprint density at radius 1 is 0.310 bits per heavy atom. The highest BCUT2D eigenvalue weighted by molar-refractivity contribution is 9.12. The predicted molar refractivity (Wildman–Crippen MR) is 202 cm³/mol. The maximum atomic E-state index is 4.05. The Hall–Kier alpha value is 0.720. The largest absolute Gasteiger partial charge is 0.0562 e. The monoisotopic (exact) mass is 1060 g/mol. The second-order valence-electron chi connectivity index (χ2n) is 12.7. The van der Waals surface area contributed by atoms with Gasteiger partial charge in [-0.3, -0.25) is 0 Å². The normalized spacial score (nSPS) is 29.7. The number of hydrogen-bond donors (Lipinski definition) is 0. The molecule has 4 fully saturated rings. The van der Waals surface area contributed by atoms with Gasteiger partial charge >= 0.3 is 0 Å². The average molecular weight is 1070 g/mol. The molecule has 4 aliphatic rings. The molecule has 42 heavy (non-hydrogen) atoms. The van der Waals surface area contributed by atoms with Crippen LogP contribution < -0.4 is 0 Å². The van der Waals surface area contributed by atoms with Crippen molar-refractivity contribution >= 4 is 127 Å². The Bertz CT molecular complexity index is 1470. The van der Waals surface area contributed by atoms with Gasteiger partial charge in [0, 0.05) is 35.8 Å². The zero-order chi connectivity index (χ0) is 29.7. The van der Waals surface area contributed by atoms with Gasteiger partial charge in [0.25, 0.3) is 0 Å². The standard InChI is InChI=1S/C34H24Br8/c35-19-1-5-23(27(39)9-19)31-13-32(24-6-2-20(36)10-28(24)40)16-33(14-31,25-7-3-21(37)11-29(25)41)18-34(15-31,17-32)26-8-4-22(38)12-30(26)42/h1-12H,13-18H2. The highest BCUT2D eigenvalue weighted by Crippen LogP contribution is 2.76. The van der Waals surface area contributed by atoms with Gasteiger partial charge in [0.2, 0.25) is 0 Å². The van der Waals surface area contributed by atoms with Gasteiger partial charge in [0.05, 0.1) is 0 Å². The van der Waals surface area contributed by atoms with E-state index in [0.29, 0.717) is 0 Å². The van der Waals surface area contributed by atoms with Crippen LogP contribution in [0.4, 0.5) is 0 Å². The summed E-state index contributed by atoms with van der Waals surface area (Å²) in [7, 11) is 0. The Morgan fingerprint density at radius 3 is 0.667 bits per heavy atom. The predicted octanol–water partition coefficient (Wildman–Crippen LogP) is 14.2. The lowest BCUT2D eigenvalue weighted by molar-refractivity contribution is -0.0701. The van der Waals surface area contributed by atoms with Crippen molar-refractivity contribution in [3.8, 4) is 0 Å². The number of benzene rings is 4. The molecular weight excluding hydrogens is 1050 g/mol. The second kappa shape index (κ2) is 11.2. The maximum Gasteiger partial charge on any atom is 0.0224 e. The summed E-state index contributed by atoms with van der Waals surface area (Å²) in [5.41, 5.74) is 5.60. The number of hydrogen-bond acceptors (Lipinski definition) is 0. The molecule has 8 heteroatoms. The Kier molecular flexibility index (Phi) is 8.33. The third-order valence-corrected chi connectivity index (χ3v) is 14.7. The van der Waals surface area contributed by atoms with Gasteiger partial charge in [0.1, 0.15) is 0 Å². The van der Waals surface area contributed by atoms with Crippen LogP contribution in [0.3, 0.4) is 0 Å². The summed E-state index contributed by atoms with van der Waals surface area (Å²) in [5, 5.41) is 0. The van der Waals surface area contributed by atoms with E-state index < -0.39 is 0 Å². The van der Waals surface area contributed by atoms with E-state index in [9.17, 15) is 0 Å². The van der Waals surface area contributed by atoms with E-state index in [1.807, 2.05) is 0 Å². The fraction of sp³-hybridized carbons (Fsp3) is 0.294. The molecule has 0 spiro atoms. The minimum Gasteiger partial charge on any atom is -0.0562 e. The number of halogens is 8. The third kappa shape index (κ3) is 5.06. The molecule has 216 valence electrons. The minimum absolute atomic E-state index is 0.0280. The molecule has 0 amide bonds. The van der Waals surface area contributed by atoms with E-state index in [2.05, 4.69) is 200 Å². The summed E-state index contributed by atoms with van der Waals surface area (Å²) in [6.45, 7) is 0. The van der Waals surface area contributed by atoms with Crippen molar-refractivity contribution in [2.75, 3.05) is 0 Å². The van der Waals surface area contributed by atoms with Gasteiger partial charge in [-0.15, -0.1) is 0 Å². The zero-order valence-electron chi connectivity index (χ0n) is 22.2. The molecule has 0 aliphatic heterocycles. The number of rotatable bonds is 4. The van der Waals surface area contributed by atoms with Crippen molar-refractivity contribution in [2.24, 2.45) is 0 Å². The molecular formula is C34H24Br8. The minimum atomic E-state index is -0.0280. The molecule has 4 aliphatic carbocycles. The average Bonchev–Trinajstić information content (AvgIpc) is 2.87. The first kappa shape index (κ1) is 31.3. The van der Waals surface area contributed by atoms with Crippen LogP contribution in [0.15, 0.2) is 109 Å². The molecule has 4 aromatic carbocycles. The van der Waals surface area contributed by atoms with Crippen LogP contribution in [-0.4, -0.2) is 0 Å². The van der Waals surface area contributed by atoms with Gasteiger partial charge < -0.3 is 0 Å². The lowest BCUT2D eigenvalue weighted by Crippen LogP contribution is -2.67. The van der Waals surface area contributed by atoms with Gasteiger partial charge in [-0.1, -0.05) is 152 Å². The topological polar surface area (TPSA) is 0 Å². The van der Waals surface area contributed by atoms with Gasteiger partial charge in [-0.05, 0) is 131 Å². The maximum absolute atomic E-state index is 4.05. The highest BCUT2D eigenvalue weighted by Gasteiger charge is 2.70. The first-order valence-electron chi connectivity index (χ1n) is 13.7. The zero-order valence-corrected chi connectivity index (χ0v) is 34.9. The summed E-state index contributed by atoms with van der Waals surface area (Å²) in [4.78, 5) is 0. The van der Waals surface area contributed by atoms with E-state index in [0.717, 1.165) is 56.4 Å². The molecule has 4 bridgehead atoms. The molecule has 0 saturated heterocycles. The lowest BCUT2D eigenvalue weighted by Gasteiger charge is -2.72. The van der Waals surface area contributed by atoms with Crippen LogP contribution in [0.25, 0.3) is 0 Å². The van der Waals surface area contributed by atoms with Crippen LogP contribution in [-0.2, 0) is 21.7 Å².